The molecule has 0 aliphatic carbocycles. The Labute approximate surface area is 154 Å². The van der Waals surface area contributed by atoms with Crippen LogP contribution in [0.3, 0.4) is 0 Å². The summed E-state index contributed by atoms with van der Waals surface area (Å²) in [6, 6.07) is 10.7. The van der Waals surface area contributed by atoms with Crippen molar-refractivity contribution in [3.05, 3.63) is 52.0 Å². The highest BCUT2D eigenvalue weighted by molar-refractivity contribution is 7.11. The van der Waals surface area contributed by atoms with Crippen molar-refractivity contribution in [2.75, 3.05) is 32.8 Å². The van der Waals surface area contributed by atoms with Crippen LogP contribution in [0, 0.1) is 6.92 Å². The second-order valence-corrected chi connectivity index (χ2v) is 8.72. The summed E-state index contributed by atoms with van der Waals surface area (Å²) in [4.78, 5) is 12.5. The first kappa shape index (κ1) is 17.2. The molecular formula is C20H27N3OS. The molecule has 2 aromatic rings. The van der Waals surface area contributed by atoms with Gasteiger partial charge in [0.05, 0.1) is 17.9 Å². The first-order valence-corrected chi connectivity index (χ1v) is 10.1. The Kier molecular flexibility index (Phi) is 5.17. The minimum Gasteiger partial charge on any atom is -0.372 e. The van der Waals surface area contributed by atoms with Crippen molar-refractivity contribution in [3.8, 4) is 0 Å². The summed E-state index contributed by atoms with van der Waals surface area (Å²) >= 11 is 1.92. The van der Waals surface area contributed by atoms with E-state index in [1.807, 2.05) is 23.6 Å². The van der Waals surface area contributed by atoms with Gasteiger partial charge in [-0.2, -0.15) is 0 Å². The molecule has 2 fully saturated rings. The largest absolute Gasteiger partial charge is 0.372 e. The van der Waals surface area contributed by atoms with Crippen LogP contribution in [0.25, 0.3) is 0 Å². The number of rotatable bonds is 4. The number of hydrogen-bond donors (Lipinski definition) is 0. The molecule has 0 aromatic carbocycles. The predicted octanol–water partition coefficient (Wildman–Crippen LogP) is 3.32. The van der Waals surface area contributed by atoms with Gasteiger partial charge >= 0.3 is 0 Å². The van der Waals surface area contributed by atoms with Gasteiger partial charge in [0.25, 0.3) is 0 Å². The van der Waals surface area contributed by atoms with E-state index in [9.17, 15) is 0 Å². The van der Waals surface area contributed by atoms with Crippen LogP contribution in [-0.2, 0) is 17.8 Å². The number of pyridine rings is 1. The highest BCUT2D eigenvalue weighted by Crippen LogP contribution is 2.31. The molecule has 2 aromatic heterocycles. The van der Waals surface area contributed by atoms with Gasteiger partial charge in [0.1, 0.15) is 0 Å². The molecule has 2 saturated heterocycles. The van der Waals surface area contributed by atoms with Crippen molar-refractivity contribution < 1.29 is 4.74 Å². The summed E-state index contributed by atoms with van der Waals surface area (Å²) in [7, 11) is 0. The summed E-state index contributed by atoms with van der Waals surface area (Å²) in [5.74, 6) is 0. The number of aromatic nitrogens is 1. The average molecular weight is 358 g/mol. The van der Waals surface area contributed by atoms with Crippen LogP contribution in [0.15, 0.2) is 36.5 Å². The highest BCUT2D eigenvalue weighted by Gasteiger charge is 2.39. The average Bonchev–Trinajstić information content (AvgIpc) is 3.03. The van der Waals surface area contributed by atoms with E-state index in [1.54, 1.807) is 0 Å². The molecule has 0 amide bonds. The molecular weight excluding hydrogens is 330 g/mol. The molecule has 0 atom stereocenters. The van der Waals surface area contributed by atoms with Gasteiger partial charge in [-0.15, -0.1) is 11.3 Å². The van der Waals surface area contributed by atoms with E-state index in [2.05, 4.69) is 46.0 Å². The molecule has 0 N–H and O–H groups in total. The maximum Gasteiger partial charge on any atom is 0.0833 e. The molecule has 5 heteroatoms. The lowest BCUT2D eigenvalue weighted by molar-refractivity contribution is -0.138. The fraction of sp³-hybridized carbons (Fsp3) is 0.550. The summed E-state index contributed by atoms with van der Waals surface area (Å²) in [6.45, 7) is 9.37. The van der Waals surface area contributed by atoms with Gasteiger partial charge in [-0.25, -0.2) is 0 Å². The van der Waals surface area contributed by atoms with Crippen molar-refractivity contribution in [2.45, 2.75) is 38.5 Å². The van der Waals surface area contributed by atoms with Crippen molar-refractivity contribution in [3.63, 3.8) is 0 Å². The van der Waals surface area contributed by atoms with Crippen LogP contribution in [0.1, 0.15) is 28.3 Å². The molecule has 1 spiro atoms. The number of ether oxygens (including phenoxy) is 1. The second kappa shape index (κ2) is 7.54. The van der Waals surface area contributed by atoms with Gasteiger partial charge in [-0.1, -0.05) is 6.07 Å². The minimum atomic E-state index is 0.0505. The number of morpholine rings is 1. The van der Waals surface area contributed by atoms with Gasteiger partial charge in [-0.3, -0.25) is 14.8 Å². The maximum absolute atomic E-state index is 6.29. The normalized spacial score (nSPS) is 21.6. The lowest BCUT2D eigenvalue weighted by Crippen LogP contribution is -2.56. The summed E-state index contributed by atoms with van der Waals surface area (Å²) in [5.41, 5.74) is 1.21. The SMILES string of the molecule is Cc1ccc(CN2CCC3(CC2)CN(Cc2ccccn2)CCO3)s1. The zero-order chi connectivity index (χ0) is 17.1. The maximum atomic E-state index is 6.29. The number of piperidine rings is 1. The first-order chi connectivity index (χ1) is 12.2. The van der Waals surface area contributed by atoms with Crippen LogP contribution in [0.4, 0.5) is 0 Å². The van der Waals surface area contributed by atoms with Gasteiger partial charge in [0.2, 0.25) is 0 Å². The third-order valence-corrected chi connectivity index (χ3v) is 6.37. The fourth-order valence-corrected chi connectivity index (χ4v) is 4.92. The molecule has 4 heterocycles. The van der Waals surface area contributed by atoms with Gasteiger partial charge < -0.3 is 4.74 Å². The van der Waals surface area contributed by atoms with Crippen molar-refractivity contribution in [1.82, 2.24) is 14.8 Å². The van der Waals surface area contributed by atoms with E-state index >= 15 is 0 Å². The smallest absolute Gasteiger partial charge is 0.0833 e. The Bertz CT molecular complexity index is 679. The van der Waals surface area contributed by atoms with E-state index in [0.29, 0.717) is 0 Å². The van der Waals surface area contributed by atoms with E-state index in [-0.39, 0.29) is 5.60 Å². The zero-order valence-electron chi connectivity index (χ0n) is 15.0. The molecule has 2 aliphatic rings. The summed E-state index contributed by atoms with van der Waals surface area (Å²) in [5, 5.41) is 0. The highest BCUT2D eigenvalue weighted by atomic mass is 32.1. The number of nitrogens with zero attached hydrogens (tertiary/aromatic N) is 3. The van der Waals surface area contributed by atoms with Crippen LogP contribution >= 0.6 is 11.3 Å². The molecule has 4 nitrogen and oxygen atoms in total. The Morgan fingerprint density at radius 1 is 1.08 bits per heavy atom. The molecule has 134 valence electrons. The van der Waals surface area contributed by atoms with Gasteiger partial charge in [-0.05, 0) is 44.0 Å². The van der Waals surface area contributed by atoms with Crippen molar-refractivity contribution in [1.29, 1.82) is 0 Å². The second-order valence-electron chi connectivity index (χ2n) is 7.35. The Balaban J connectivity index is 1.32. The fourth-order valence-electron chi connectivity index (χ4n) is 3.99. The molecule has 2 aliphatic heterocycles. The Hall–Kier alpha value is -1.27. The predicted molar refractivity (Wildman–Crippen MR) is 102 cm³/mol. The molecule has 0 bridgehead atoms. The third kappa shape index (κ3) is 4.29. The van der Waals surface area contributed by atoms with E-state index in [0.717, 1.165) is 64.4 Å². The topological polar surface area (TPSA) is 28.6 Å². The van der Waals surface area contributed by atoms with E-state index < -0.39 is 0 Å². The standard InChI is InChI=1S/C20H27N3OS/c1-17-5-6-19(25-17)15-22-10-7-20(8-11-22)16-23(12-13-24-20)14-18-4-2-3-9-21-18/h2-6,9H,7-8,10-16H2,1H3. The Morgan fingerprint density at radius 3 is 2.68 bits per heavy atom. The lowest BCUT2D eigenvalue weighted by atomic mass is 9.89. The third-order valence-electron chi connectivity index (χ3n) is 5.38. The number of likely N-dealkylation sites (tertiary alicyclic amines) is 1. The molecule has 0 radical (unpaired) electrons. The minimum absolute atomic E-state index is 0.0505. The monoisotopic (exact) mass is 357 g/mol. The van der Waals surface area contributed by atoms with Crippen molar-refractivity contribution >= 4 is 11.3 Å². The van der Waals surface area contributed by atoms with Crippen LogP contribution < -0.4 is 0 Å². The number of aryl methyl sites for hydroxylation is 1. The van der Waals surface area contributed by atoms with Crippen LogP contribution in [0.5, 0.6) is 0 Å². The summed E-state index contributed by atoms with van der Waals surface area (Å²) in [6.07, 6.45) is 4.16. The Morgan fingerprint density at radius 2 is 1.96 bits per heavy atom. The van der Waals surface area contributed by atoms with Crippen LogP contribution in [-0.4, -0.2) is 53.2 Å². The van der Waals surface area contributed by atoms with Gasteiger partial charge in [0, 0.05) is 55.2 Å². The molecule has 0 saturated carbocycles. The molecule has 25 heavy (non-hydrogen) atoms. The number of thiophene rings is 1. The first-order valence-electron chi connectivity index (χ1n) is 9.25. The lowest BCUT2D eigenvalue weighted by Gasteiger charge is -2.47. The van der Waals surface area contributed by atoms with Crippen LogP contribution in [0.2, 0.25) is 0 Å². The molecule has 0 unspecified atom stereocenters. The number of hydrogen-bond acceptors (Lipinski definition) is 5. The summed E-state index contributed by atoms with van der Waals surface area (Å²) < 4.78 is 6.29. The molecule has 4 rings (SSSR count). The van der Waals surface area contributed by atoms with Crippen molar-refractivity contribution in [2.24, 2.45) is 0 Å². The van der Waals surface area contributed by atoms with E-state index in [1.165, 1.54) is 9.75 Å². The van der Waals surface area contributed by atoms with E-state index in [4.69, 9.17) is 4.74 Å². The zero-order valence-corrected chi connectivity index (χ0v) is 15.8. The quantitative estimate of drug-likeness (QED) is 0.839. The van der Waals surface area contributed by atoms with Gasteiger partial charge in [0.15, 0.2) is 0 Å².